The second-order valence-electron chi connectivity index (χ2n) is 4.10. The molecule has 1 atom stereocenters. The van der Waals surface area contributed by atoms with E-state index in [1.54, 1.807) is 13.8 Å². The Morgan fingerprint density at radius 1 is 1.33 bits per heavy atom. The summed E-state index contributed by atoms with van der Waals surface area (Å²) in [6, 6.07) is 2.67. The van der Waals surface area contributed by atoms with E-state index in [-0.39, 0.29) is 17.0 Å². The summed E-state index contributed by atoms with van der Waals surface area (Å²) in [7, 11) is 2.80. The van der Waals surface area contributed by atoms with Crippen molar-refractivity contribution in [2.45, 2.75) is 20.0 Å². The van der Waals surface area contributed by atoms with Gasteiger partial charge >= 0.3 is 6.09 Å². The number of amides is 1. The third-order valence-corrected chi connectivity index (χ3v) is 2.77. The standard InChI is InChI=1S/C13H18N2O6/c1-5-14-13(16)21-8(2)9-6-11(19-3)12(20-4)7-10(9)15(17)18/h6-8H,5H2,1-4H3,(H,14,16). The van der Waals surface area contributed by atoms with Gasteiger partial charge in [0.15, 0.2) is 11.5 Å². The lowest BCUT2D eigenvalue weighted by molar-refractivity contribution is -0.386. The smallest absolute Gasteiger partial charge is 0.407 e. The van der Waals surface area contributed by atoms with Crippen molar-refractivity contribution in [1.29, 1.82) is 0 Å². The molecule has 0 heterocycles. The Hall–Kier alpha value is -2.51. The number of methoxy groups -OCH3 is 2. The van der Waals surface area contributed by atoms with E-state index in [1.165, 1.54) is 26.4 Å². The molecule has 1 aromatic rings. The van der Waals surface area contributed by atoms with Crippen molar-refractivity contribution in [2.24, 2.45) is 0 Å². The fourth-order valence-corrected chi connectivity index (χ4v) is 1.78. The van der Waals surface area contributed by atoms with E-state index >= 15 is 0 Å². The van der Waals surface area contributed by atoms with E-state index in [0.717, 1.165) is 0 Å². The lowest BCUT2D eigenvalue weighted by atomic mass is 10.1. The first kappa shape index (κ1) is 16.5. The molecule has 8 nitrogen and oxygen atoms in total. The molecule has 0 fully saturated rings. The summed E-state index contributed by atoms with van der Waals surface area (Å²) in [6.45, 7) is 3.69. The van der Waals surface area contributed by atoms with Crippen molar-refractivity contribution in [3.8, 4) is 11.5 Å². The number of hydrogen-bond donors (Lipinski definition) is 1. The molecular weight excluding hydrogens is 280 g/mol. The first-order valence-corrected chi connectivity index (χ1v) is 6.29. The van der Waals surface area contributed by atoms with Crippen LogP contribution in [0.4, 0.5) is 10.5 Å². The lowest BCUT2D eigenvalue weighted by Crippen LogP contribution is -2.25. The zero-order valence-corrected chi connectivity index (χ0v) is 12.3. The average Bonchev–Trinajstić information content (AvgIpc) is 2.45. The predicted molar refractivity (Wildman–Crippen MR) is 74.8 cm³/mol. The molecule has 116 valence electrons. The third kappa shape index (κ3) is 3.98. The number of nitrogens with zero attached hydrogens (tertiary/aromatic N) is 1. The van der Waals surface area contributed by atoms with Gasteiger partial charge in [-0.15, -0.1) is 0 Å². The van der Waals surface area contributed by atoms with Gasteiger partial charge in [0.05, 0.1) is 30.8 Å². The highest BCUT2D eigenvalue weighted by Crippen LogP contribution is 2.38. The highest BCUT2D eigenvalue weighted by Gasteiger charge is 2.25. The van der Waals surface area contributed by atoms with Crippen LogP contribution in [-0.2, 0) is 4.74 Å². The average molecular weight is 298 g/mol. The van der Waals surface area contributed by atoms with Crippen LogP contribution in [0.2, 0.25) is 0 Å². The Bertz CT molecular complexity index is 532. The van der Waals surface area contributed by atoms with Crippen LogP contribution in [-0.4, -0.2) is 31.8 Å². The van der Waals surface area contributed by atoms with Gasteiger partial charge < -0.3 is 19.5 Å². The summed E-state index contributed by atoms with van der Waals surface area (Å²) in [4.78, 5) is 22.0. The minimum Gasteiger partial charge on any atom is -0.493 e. The van der Waals surface area contributed by atoms with Crippen LogP contribution in [0.1, 0.15) is 25.5 Å². The molecule has 0 saturated heterocycles. The maximum absolute atomic E-state index is 11.4. The Labute approximate surface area is 122 Å². The number of alkyl carbamates (subject to hydrolysis) is 1. The van der Waals surface area contributed by atoms with Crippen molar-refractivity contribution in [3.05, 3.63) is 27.8 Å². The number of nitrogens with one attached hydrogen (secondary N) is 1. The maximum atomic E-state index is 11.4. The summed E-state index contributed by atoms with van der Waals surface area (Å²) in [5, 5.41) is 13.6. The van der Waals surface area contributed by atoms with Crippen molar-refractivity contribution >= 4 is 11.8 Å². The Morgan fingerprint density at radius 3 is 2.38 bits per heavy atom. The van der Waals surface area contributed by atoms with Crippen LogP contribution in [0.15, 0.2) is 12.1 Å². The van der Waals surface area contributed by atoms with E-state index in [1.807, 2.05) is 0 Å². The van der Waals surface area contributed by atoms with Gasteiger partial charge in [0.25, 0.3) is 5.69 Å². The van der Waals surface area contributed by atoms with Gasteiger partial charge in [-0.1, -0.05) is 0 Å². The monoisotopic (exact) mass is 298 g/mol. The molecule has 0 aliphatic heterocycles. The lowest BCUT2D eigenvalue weighted by Gasteiger charge is -2.16. The summed E-state index contributed by atoms with van der Waals surface area (Å²) in [5.74, 6) is 0.558. The first-order chi connectivity index (χ1) is 9.94. The van der Waals surface area contributed by atoms with Crippen LogP contribution in [0.5, 0.6) is 11.5 Å². The number of carbonyl (C=O) groups excluding carboxylic acids is 1. The molecule has 0 bridgehead atoms. The number of hydrogen-bond acceptors (Lipinski definition) is 6. The highest BCUT2D eigenvalue weighted by molar-refractivity contribution is 5.68. The maximum Gasteiger partial charge on any atom is 0.407 e. The fourth-order valence-electron chi connectivity index (χ4n) is 1.78. The molecule has 0 spiro atoms. The third-order valence-electron chi connectivity index (χ3n) is 2.77. The van der Waals surface area contributed by atoms with Gasteiger partial charge in [-0.25, -0.2) is 4.79 Å². The van der Waals surface area contributed by atoms with Gasteiger partial charge in [0, 0.05) is 6.54 Å². The summed E-state index contributed by atoms with van der Waals surface area (Å²) >= 11 is 0. The van der Waals surface area contributed by atoms with Crippen molar-refractivity contribution in [2.75, 3.05) is 20.8 Å². The Morgan fingerprint density at radius 2 is 1.90 bits per heavy atom. The SMILES string of the molecule is CCNC(=O)OC(C)c1cc(OC)c(OC)cc1[N+](=O)[O-]. The van der Waals surface area contributed by atoms with Gasteiger partial charge in [0.2, 0.25) is 0 Å². The van der Waals surface area contributed by atoms with E-state index in [9.17, 15) is 14.9 Å². The fraction of sp³-hybridized carbons (Fsp3) is 0.462. The zero-order chi connectivity index (χ0) is 16.0. The molecule has 21 heavy (non-hydrogen) atoms. The minimum atomic E-state index is -0.809. The summed E-state index contributed by atoms with van der Waals surface area (Å²) in [5.41, 5.74) is 0.0216. The van der Waals surface area contributed by atoms with Crippen molar-refractivity contribution < 1.29 is 23.9 Å². The first-order valence-electron chi connectivity index (χ1n) is 6.29. The molecule has 0 aliphatic carbocycles. The highest BCUT2D eigenvalue weighted by atomic mass is 16.6. The Balaban J connectivity index is 3.19. The molecule has 1 unspecified atom stereocenters. The molecular formula is C13H18N2O6. The molecule has 1 amide bonds. The van der Waals surface area contributed by atoms with E-state index in [2.05, 4.69) is 5.32 Å². The number of nitro groups is 1. The molecule has 0 aromatic heterocycles. The molecule has 1 rings (SSSR count). The number of nitro benzene ring substituents is 1. The molecule has 1 aromatic carbocycles. The second kappa shape index (κ2) is 7.32. The number of ether oxygens (including phenoxy) is 3. The molecule has 0 radical (unpaired) electrons. The van der Waals surface area contributed by atoms with Crippen LogP contribution in [0.3, 0.4) is 0 Å². The molecule has 8 heteroatoms. The normalized spacial score (nSPS) is 11.4. The predicted octanol–water partition coefficient (Wildman–Crippen LogP) is 2.42. The topological polar surface area (TPSA) is 99.9 Å². The van der Waals surface area contributed by atoms with Crippen molar-refractivity contribution in [3.63, 3.8) is 0 Å². The van der Waals surface area contributed by atoms with Gasteiger partial charge in [0.1, 0.15) is 6.10 Å². The van der Waals surface area contributed by atoms with Crippen LogP contribution < -0.4 is 14.8 Å². The number of benzene rings is 1. The summed E-state index contributed by atoms with van der Waals surface area (Å²) in [6.07, 6.45) is -1.45. The zero-order valence-electron chi connectivity index (χ0n) is 12.3. The molecule has 1 N–H and O–H groups in total. The van der Waals surface area contributed by atoms with E-state index < -0.39 is 17.1 Å². The Kier molecular flexibility index (Phi) is 5.77. The minimum absolute atomic E-state index is 0.204. The van der Waals surface area contributed by atoms with Crippen LogP contribution >= 0.6 is 0 Å². The van der Waals surface area contributed by atoms with Crippen LogP contribution in [0.25, 0.3) is 0 Å². The summed E-state index contributed by atoms with van der Waals surface area (Å²) < 4.78 is 15.2. The van der Waals surface area contributed by atoms with E-state index in [0.29, 0.717) is 12.3 Å². The van der Waals surface area contributed by atoms with Gasteiger partial charge in [-0.2, -0.15) is 0 Å². The second-order valence-corrected chi connectivity index (χ2v) is 4.10. The van der Waals surface area contributed by atoms with E-state index in [4.69, 9.17) is 14.2 Å². The van der Waals surface area contributed by atoms with Crippen molar-refractivity contribution in [1.82, 2.24) is 5.32 Å². The van der Waals surface area contributed by atoms with Crippen LogP contribution in [0, 0.1) is 10.1 Å². The number of carbonyl (C=O) groups is 1. The largest absolute Gasteiger partial charge is 0.493 e. The molecule has 0 saturated carbocycles. The van der Waals surface area contributed by atoms with Gasteiger partial charge in [-0.05, 0) is 19.9 Å². The van der Waals surface area contributed by atoms with Gasteiger partial charge in [-0.3, -0.25) is 10.1 Å². The quantitative estimate of drug-likeness (QED) is 0.639. The molecule has 0 aliphatic rings. The number of rotatable bonds is 6.